The van der Waals surface area contributed by atoms with Gasteiger partial charge in [0.1, 0.15) is 11.3 Å². The van der Waals surface area contributed by atoms with Gasteiger partial charge in [-0.1, -0.05) is 11.6 Å². The van der Waals surface area contributed by atoms with Gasteiger partial charge in [-0.25, -0.2) is 4.39 Å². The normalized spacial score (nSPS) is 28.8. The number of halogens is 2. The van der Waals surface area contributed by atoms with Crippen LogP contribution in [0.25, 0.3) is 0 Å². The zero-order valence-electron chi connectivity index (χ0n) is 13.4. The van der Waals surface area contributed by atoms with Crippen LogP contribution in [-0.4, -0.2) is 39.1 Å². The van der Waals surface area contributed by atoms with Gasteiger partial charge in [0.15, 0.2) is 5.92 Å². The Morgan fingerprint density at radius 1 is 1.42 bits per heavy atom. The Morgan fingerprint density at radius 3 is 2.77 bits per heavy atom. The number of rotatable bonds is 5. The second-order valence-electron chi connectivity index (χ2n) is 6.98. The van der Waals surface area contributed by atoms with Gasteiger partial charge in [0, 0.05) is 40.7 Å². The molecule has 26 heavy (non-hydrogen) atoms. The van der Waals surface area contributed by atoms with E-state index in [-0.39, 0.29) is 18.2 Å². The van der Waals surface area contributed by atoms with Crippen molar-refractivity contribution in [3.8, 4) is 0 Å². The van der Waals surface area contributed by atoms with E-state index in [0.717, 1.165) is 5.70 Å². The number of nitrogens with one attached hydrogen (secondary N) is 1. The van der Waals surface area contributed by atoms with Crippen molar-refractivity contribution in [1.82, 2.24) is 10.2 Å². The molecule has 4 rings (SSSR count). The Labute approximate surface area is 159 Å². The molecule has 1 aromatic carbocycles. The molecule has 1 saturated heterocycles. The number of carboxylic acid groups (broad SMARTS) is 2. The number of allylic oxidation sites excluding steroid dienone is 2. The molecule has 1 aromatic rings. The molecule has 1 aliphatic carbocycles. The van der Waals surface area contributed by atoms with Crippen LogP contribution in [0.3, 0.4) is 0 Å². The zero-order chi connectivity index (χ0) is 18.8. The zero-order valence-corrected chi connectivity index (χ0v) is 15.1. The van der Waals surface area contributed by atoms with Gasteiger partial charge in [0.25, 0.3) is 0 Å². The molecule has 138 valence electrons. The van der Waals surface area contributed by atoms with Crippen molar-refractivity contribution in [3.05, 3.63) is 46.0 Å². The molecule has 0 spiro atoms. The molecule has 0 bridgehead atoms. The molecule has 3 atom stereocenters. The van der Waals surface area contributed by atoms with E-state index in [1.807, 2.05) is 4.90 Å². The van der Waals surface area contributed by atoms with Crippen LogP contribution < -0.4 is 5.32 Å². The van der Waals surface area contributed by atoms with E-state index in [1.54, 1.807) is 6.07 Å². The lowest BCUT2D eigenvalue weighted by Gasteiger charge is -2.24. The summed E-state index contributed by atoms with van der Waals surface area (Å²) in [6, 6.07) is 4.49. The van der Waals surface area contributed by atoms with Crippen LogP contribution >= 0.6 is 24.2 Å². The summed E-state index contributed by atoms with van der Waals surface area (Å²) in [5.74, 6) is -4.64. The summed E-state index contributed by atoms with van der Waals surface area (Å²) in [7, 11) is 0. The highest BCUT2D eigenvalue weighted by Crippen LogP contribution is 2.66. The SMILES string of the molecule is O=C(O)C(CC1=C2[C@@H]3C[C@]3(c3cc(Cl)ccc3F)CN2C(S)N1)C(=O)O. The van der Waals surface area contributed by atoms with Gasteiger partial charge in [-0.05, 0) is 30.2 Å². The van der Waals surface area contributed by atoms with Crippen molar-refractivity contribution >= 4 is 36.2 Å². The maximum atomic E-state index is 14.4. The minimum Gasteiger partial charge on any atom is -0.481 e. The van der Waals surface area contributed by atoms with Crippen molar-refractivity contribution in [2.45, 2.75) is 23.8 Å². The van der Waals surface area contributed by atoms with Crippen molar-refractivity contribution in [1.29, 1.82) is 0 Å². The number of thiol groups is 1. The summed E-state index contributed by atoms with van der Waals surface area (Å²) < 4.78 is 14.4. The van der Waals surface area contributed by atoms with E-state index in [2.05, 4.69) is 17.9 Å². The van der Waals surface area contributed by atoms with Gasteiger partial charge >= 0.3 is 11.9 Å². The van der Waals surface area contributed by atoms with Crippen LogP contribution in [-0.2, 0) is 15.0 Å². The first-order valence-corrected chi connectivity index (χ1v) is 8.99. The largest absolute Gasteiger partial charge is 0.481 e. The monoisotopic (exact) mass is 398 g/mol. The number of fused-ring (bicyclic) bond motifs is 3. The predicted molar refractivity (Wildman–Crippen MR) is 94.2 cm³/mol. The summed E-state index contributed by atoms with van der Waals surface area (Å²) in [6.45, 7) is 0.528. The summed E-state index contributed by atoms with van der Waals surface area (Å²) in [5.41, 5.74) is 1.14. The Bertz CT molecular complexity index is 849. The highest BCUT2D eigenvalue weighted by atomic mass is 35.5. The molecular weight excluding hydrogens is 383 g/mol. The quantitative estimate of drug-likeness (QED) is 0.449. The van der Waals surface area contributed by atoms with Gasteiger partial charge in [-0.15, -0.1) is 12.6 Å². The molecule has 2 aliphatic heterocycles. The van der Waals surface area contributed by atoms with E-state index in [0.29, 0.717) is 29.2 Å². The molecule has 0 radical (unpaired) electrons. The third-order valence-electron chi connectivity index (χ3n) is 5.54. The standard InChI is InChI=1S/C17H16ClFN2O4S/c18-7-1-2-11(19)9(3-7)17-5-10(17)13-12(20-16(26)21(13)6-17)4-8(14(22)23)15(24)25/h1-3,8,10,16,20,26H,4-6H2,(H,22,23)(H,24,25)/t10-,16?,17+/m0/s1. The molecule has 0 amide bonds. The molecular formula is C17H16ClFN2O4S. The van der Waals surface area contributed by atoms with Crippen LogP contribution in [0, 0.1) is 17.7 Å². The summed E-state index contributed by atoms with van der Waals surface area (Å²) in [5, 5.41) is 21.8. The number of benzene rings is 1. The van der Waals surface area contributed by atoms with Crippen LogP contribution in [0.2, 0.25) is 5.02 Å². The van der Waals surface area contributed by atoms with Gasteiger partial charge in [0.05, 0.1) is 0 Å². The van der Waals surface area contributed by atoms with Crippen molar-refractivity contribution in [2.75, 3.05) is 6.54 Å². The summed E-state index contributed by atoms with van der Waals surface area (Å²) >= 11 is 10.5. The van der Waals surface area contributed by atoms with E-state index < -0.39 is 28.8 Å². The third-order valence-corrected chi connectivity index (χ3v) is 6.19. The molecule has 6 nitrogen and oxygen atoms in total. The number of carboxylic acids is 2. The summed E-state index contributed by atoms with van der Waals surface area (Å²) in [4.78, 5) is 24.4. The van der Waals surface area contributed by atoms with E-state index >= 15 is 0 Å². The molecule has 2 heterocycles. The van der Waals surface area contributed by atoms with E-state index in [1.165, 1.54) is 12.1 Å². The van der Waals surface area contributed by atoms with Crippen molar-refractivity contribution in [3.63, 3.8) is 0 Å². The molecule has 0 aromatic heterocycles. The van der Waals surface area contributed by atoms with Crippen LogP contribution in [0.15, 0.2) is 29.6 Å². The second-order valence-corrected chi connectivity index (χ2v) is 7.91. The average Bonchev–Trinajstić information content (AvgIpc) is 3.05. The fourth-order valence-electron chi connectivity index (χ4n) is 4.25. The average molecular weight is 399 g/mol. The topological polar surface area (TPSA) is 89.9 Å². The molecule has 1 unspecified atom stereocenters. The highest BCUT2D eigenvalue weighted by Gasteiger charge is 2.67. The van der Waals surface area contributed by atoms with Crippen LogP contribution in [0.1, 0.15) is 18.4 Å². The minimum absolute atomic E-state index is 0.00152. The first kappa shape index (κ1) is 17.5. The number of hydrogen-bond donors (Lipinski definition) is 4. The maximum absolute atomic E-state index is 14.4. The molecule has 9 heteroatoms. The molecule has 1 saturated carbocycles. The van der Waals surface area contributed by atoms with Gasteiger partial charge in [-0.2, -0.15) is 0 Å². The van der Waals surface area contributed by atoms with Gasteiger partial charge in [-0.3, -0.25) is 9.59 Å². The lowest BCUT2D eigenvalue weighted by molar-refractivity contribution is -0.154. The first-order chi connectivity index (χ1) is 12.2. The second kappa shape index (κ2) is 5.79. The van der Waals surface area contributed by atoms with Gasteiger partial charge in [0.2, 0.25) is 0 Å². The van der Waals surface area contributed by atoms with Crippen molar-refractivity contribution < 1.29 is 24.2 Å². The maximum Gasteiger partial charge on any atom is 0.318 e. The number of hydrogen-bond acceptors (Lipinski definition) is 5. The smallest absolute Gasteiger partial charge is 0.318 e. The number of piperidine rings is 1. The lowest BCUT2D eigenvalue weighted by atomic mass is 9.93. The van der Waals surface area contributed by atoms with E-state index in [4.69, 9.17) is 21.8 Å². The molecule has 3 aliphatic rings. The minimum atomic E-state index is -1.54. The Kier molecular flexibility index (Phi) is 3.89. The third kappa shape index (κ3) is 2.46. The predicted octanol–water partition coefficient (Wildman–Crippen LogP) is 2.26. The Morgan fingerprint density at radius 2 is 2.12 bits per heavy atom. The van der Waals surface area contributed by atoms with Crippen molar-refractivity contribution in [2.24, 2.45) is 11.8 Å². The first-order valence-electron chi connectivity index (χ1n) is 8.10. The van der Waals surface area contributed by atoms with Crippen LogP contribution in [0.4, 0.5) is 4.39 Å². The number of nitrogens with zero attached hydrogens (tertiary/aromatic N) is 1. The number of aliphatic carboxylic acids is 2. The molecule has 3 N–H and O–H groups in total. The Hall–Kier alpha value is -1.93. The number of carbonyl (C=O) groups is 2. The summed E-state index contributed by atoms with van der Waals surface area (Å²) in [6.07, 6.45) is 0.560. The Balaban J connectivity index is 1.69. The van der Waals surface area contributed by atoms with Gasteiger partial charge < -0.3 is 20.4 Å². The molecule has 2 fully saturated rings. The lowest BCUT2D eigenvalue weighted by Crippen LogP contribution is -2.35. The highest BCUT2D eigenvalue weighted by molar-refractivity contribution is 7.80. The van der Waals surface area contributed by atoms with Crippen LogP contribution in [0.5, 0.6) is 0 Å². The van der Waals surface area contributed by atoms with E-state index in [9.17, 15) is 14.0 Å². The fraction of sp³-hybridized carbons (Fsp3) is 0.412. The fourth-order valence-corrected chi connectivity index (χ4v) is 4.78.